The summed E-state index contributed by atoms with van der Waals surface area (Å²) in [4.78, 5) is 0. The maximum atomic E-state index is 6.02. The molecule has 1 nitrogen and oxygen atoms in total. The Labute approximate surface area is 116 Å². The molecule has 0 aromatic heterocycles. The van der Waals surface area contributed by atoms with Crippen LogP contribution in [0.4, 0.5) is 0 Å². The molecule has 0 fully saturated rings. The lowest BCUT2D eigenvalue weighted by Crippen LogP contribution is -2.26. The second kappa shape index (κ2) is 8.96. The zero-order valence-electron chi connectivity index (χ0n) is 13.9. The fourth-order valence-electron chi connectivity index (χ4n) is 2.00. The van der Waals surface area contributed by atoms with Gasteiger partial charge in [0.15, 0.2) is 0 Å². The molecule has 1 heteroatoms. The first-order chi connectivity index (χ1) is 8.23. The van der Waals surface area contributed by atoms with Crippen molar-refractivity contribution < 1.29 is 4.74 Å². The van der Waals surface area contributed by atoms with Crippen LogP contribution in [0, 0.1) is 17.8 Å². The van der Waals surface area contributed by atoms with Gasteiger partial charge in [-0.05, 0) is 50.9 Å². The first-order valence-electron chi connectivity index (χ1n) is 7.87. The second-order valence-corrected chi connectivity index (χ2v) is 7.41. The topological polar surface area (TPSA) is 9.23 Å². The Kier molecular flexibility index (Phi) is 8.94. The summed E-state index contributed by atoms with van der Waals surface area (Å²) in [7, 11) is 0. The van der Waals surface area contributed by atoms with E-state index in [1.165, 1.54) is 32.1 Å². The molecule has 0 radical (unpaired) electrons. The van der Waals surface area contributed by atoms with E-state index in [0.717, 1.165) is 24.4 Å². The average molecular weight is 256 g/mol. The van der Waals surface area contributed by atoms with Crippen molar-refractivity contribution in [1.29, 1.82) is 0 Å². The highest BCUT2D eigenvalue weighted by Gasteiger charge is 2.19. The first-order valence-corrected chi connectivity index (χ1v) is 7.87. The van der Waals surface area contributed by atoms with E-state index in [-0.39, 0.29) is 5.60 Å². The maximum absolute atomic E-state index is 6.02. The van der Waals surface area contributed by atoms with Crippen molar-refractivity contribution in [2.45, 2.75) is 86.2 Å². The molecule has 0 aliphatic heterocycles. The number of hydrogen-bond acceptors (Lipinski definition) is 1. The monoisotopic (exact) mass is 256 g/mol. The van der Waals surface area contributed by atoms with Crippen molar-refractivity contribution in [1.82, 2.24) is 0 Å². The van der Waals surface area contributed by atoms with Crippen molar-refractivity contribution in [3.63, 3.8) is 0 Å². The third kappa shape index (κ3) is 11.1. The van der Waals surface area contributed by atoms with Gasteiger partial charge in [-0.15, -0.1) is 0 Å². The Bertz CT molecular complexity index is 194. The molecular formula is C17H36O. The maximum Gasteiger partial charge on any atom is 0.0626 e. The van der Waals surface area contributed by atoms with Crippen LogP contribution in [-0.4, -0.2) is 12.2 Å². The average Bonchev–Trinajstić information content (AvgIpc) is 2.22. The number of ether oxygens (including phenoxy) is 1. The van der Waals surface area contributed by atoms with Crippen LogP contribution in [0.1, 0.15) is 80.6 Å². The van der Waals surface area contributed by atoms with Crippen LogP contribution in [0.25, 0.3) is 0 Å². The number of hydrogen-bond donors (Lipinski definition) is 0. The molecular weight excluding hydrogens is 220 g/mol. The smallest absolute Gasteiger partial charge is 0.0626 e. The SMILES string of the molecule is CC(C)CCOC(C)(C)CCC(C)CCC(C)C. The molecule has 0 heterocycles. The molecule has 0 spiro atoms. The molecule has 1 unspecified atom stereocenters. The van der Waals surface area contributed by atoms with E-state index in [4.69, 9.17) is 4.74 Å². The van der Waals surface area contributed by atoms with Gasteiger partial charge in [-0.3, -0.25) is 0 Å². The zero-order chi connectivity index (χ0) is 14.2. The Morgan fingerprint density at radius 2 is 1.33 bits per heavy atom. The van der Waals surface area contributed by atoms with Gasteiger partial charge in [0, 0.05) is 6.61 Å². The molecule has 0 aliphatic carbocycles. The molecule has 110 valence electrons. The van der Waals surface area contributed by atoms with Crippen molar-refractivity contribution in [3.8, 4) is 0 Å². The molecule has 1 atom stereocenters. The van der Waals surface area contributed by atoms with Gasteiger partial charge in [-0.1, -0.05) is 47.5 Å². The summed E-state index contributed by atoms with van der Waals surface area (Å²) < 4.78 is 6.02. The predicted octanol–water partition coefficient (Wildman–Crippen LogP) is 5.68. The van der Waals surface area contributed by atoms with Gasteiger partial charge in [0.05, 0.1) is 5.60 Å². The van der Waals surface area contributed by atoms with Crippen LogP contribution < -0.4 is 0 Å². The highest BCUT2D eigenvalue weighted by molar-refractivity contribution is 4.70. The van der Waals surface area contributed by atoms with E-state index in [1.54, 1.807) is 0 Å². The molecule has 0 saturated carbocycles. The van der Waals surface area contributed by atoms with Gasteiger partial charge in [0.1, 0.15) is 0 Å². The van der Waals surface area contributed by atoms with E-state index >= 15 is 0 Å². The highest BCUT2D eigenvalue weighted by atomic mass is 16.5. The Hall–Kier alpha value is -0.0400. The van der Waals surface area contributed by atoms with Gasteiger partial charge in [0.25, 0.3) is 0 Å². The predicted molar refractivity (Wildman–Crippen MR) is 82.0 cm³/mol. The minimum Gasteiger partial charge on any atom is -0.376 e. The molecule has 0 saturated heterocycles. The summed E-state index contributed by atoms with van der Waals surface area (Å²) in [6.45, 7) is 16.9. The number of rotatable bonds is 10. The third-order valence-electron chi connectivity index (χ3n) is 3.66. The van der Waals surface area contributed by atoms with Crippen LogP contribution >= 0.6 is 0 Å². The first kappa shape index (κ1) is 18.0. The minimum atomic E-state index is 0.0565. The van der Waals surface area contributed by atoms with Crippen molar-refractivity contribution in [2.75, 3.05) is 6.61 Å². The van der Waals surface area contributed by atoms with Gasteiger partial charge >= 0.3 is 0 Å². The molecule has 0 bridgehead atoms. The van der Waals surface area contributed by atoms with Gasteiger partial charge < -0.3 is 4.74 Å². The second-order valence-electron chi connectivity index (χ2n) is 7.41. The van der Waals surface area contributed by atoms with E-state index in [1.807, 2.05) is 0 Å². The van der Waals surface area contributed by atoms with Crippen molar-refractivity contribution >= 4 is 0 Å². The van der Waals surface area contributed by atoms with Crippen molar-refractivity contribution in [2.24, 2.45) is 17.8 Å². The van der Waals surface area contributed by atoms with Crippen molar-refractivity contribution in [3.05, 3.63) is 0 Å². The quantitative estimate of drug-likeness (QED) is 0.488. The lowest BCUT2D eigenvalue weighted by Gasteiger charge is -2.27. The van der Waals surface area contributed by atoms with Crippen LogP contribution in [0.2, 0.25) is 0 Å². The lowest BCUT2D eigenvalue weighted by atomic mass is 9.91. The van der Waals surface area contributed by atoms with E-state index in [0.29, 0.717) is 0 Å². The Balaban J connectivity index is 3.73. The fraction of sp³-hybridized carbons (Fsp3) is 1.00. The molecule has 0 N–H and O–H groups in total. The molecule has 0 aliphatic rings. The lowest BCUT2D eigenvalue weighted by molar-refractivity contribution is -0.0313. The van der Waals surface area contributed by atoms with E-state index in [9.17, 15) is 0 Å². The standard InChI is InChI=1S/C17H36O/c1-14(2)8-9-16(5)10-12-17(6,7)18-13-11-15(3)4/h14-16H,8-13H2,1-7H3. The summed E-state index contributed by atoms with van der Waals surface area (Å²) >= 11 is 0. The highest BCUT2D eigenvalue weighted by Crippen LogP contribution is 2.24. The van der Waals surface area contributed by atoms with Crippen LogP contribution in [0.5, 0.6) is 0 Å². The Morgan fingerprint density at radius 3 is 1.83 bits per heavy atom. The molecule has 0 amide bonds. The largest absolute Gasteiger partial charge is 0.376 e. The summed E-state index contributed by atoms with van der Waals surface area (Å²) in [5.74, 6) is 2.41. The van der Waals surface area contributed by atoms with Crippen LogP contribution in [0.15, 0.2) is 0 Å². The minimum absolute atomic E-state index is 0.0565. The molecule has 0 aromatic rings. The summed E-state index contributed by atoms with van der Waals surface area (Å²) in [6.07, 6.45) is 6.37. The van der Waals surface area contributed by atoms with Gasteiger partial charge in [-0.25, -0.2) is 0 Å². The Morgan fingerprint density at radius 1 is 0.778 bits per heavy atom. The zero-order valence-corrected chi connectivity index (χ0v) is 13.9. The molecule has 0 rings (SSSR count). The normalized spacial score (nSPS) is 14.5. The van der Waals surface area contributed by atoms with Crippen LogP contribution in [-0.2, 0) is 4.74 Å². The summed E-state index contributed by atoms with van der Waals surface area (Å²) in [6, 6.07) is 0. The third-order valence-corrected chi connectivity index (χ3v) is 3.66. The summed E-state index contributed by atoms with van der Waals surface area (Å²) in [5, 5.41) is 0. The van der Waals surface area contributed by atoms with E-state index < -0.39 is 0 Å². The van der Waals surface area contributed by atoms with E-state index in [2.05, 4.69) is 48.5 Å². The molecule has 18 heavy (non-hydrogen) atoms. The summed E-state index contributed by atoms with van der Waals surface area (Å²) in [5.41, 5.74) is 0.0565. The van der Waals surface area contributed by atoms with Gasteiger partial charge in [0.2, 0.25) is 0 Å². The fourth-order valence-corrected chi connectivity index (χ4v) is 2.00. The molecule has 0 aromatic carbocycles. The van der Waals surface area contributed by atoms with Crippen LogP contribution in [0.3, 0.4) is 0 Å². The van der Waals surface area contributed by atoms with Gasteiger partial charge in [-0.2, -0.15) is 0 Å².